The largest absolute Gasteiger partial charge is 0.495 e. The Balaban J connectivity index is 2.69. The fourth-order valence-electron chi connectivity index (χ4n) is 0.982. The number of hydrogen-bond donors (Lipinski definition) is 1. The van der Waals surface area contributed by atoms with Gasteiger partial charge in [0.2, 0.25) is 0 Å². The van der Waals surface area contributed by atoms with E-state index in [9.17, 15) is 0 Å². The quantitative estimate of drug-likeness (QED) is 0.802. The van der Waals surface area contributed by atoms with E-state index in [-0.39, 0.29) is 0 Å². The average molecular weight is 198 g/mol. The van der Waals surface area contributed by atoms with Gasteiger partial charge in [-0.05, 0) is 12.1 Å². The Morgan fingerprint density at radius 3 is 2.85 bits per heavy atom. The highest BCUT2D eigenvalue weighted by molar-refractivity contribution is 6.29. The summed E-state index contributed by atoms with van der Waals surface area (Å²) < 4.78 is 5.14. The Morgan fingerprint density at radius 1 is 1.54 bits per heavy atom. The molecule has 0 aliphatic rings. The van der Waals surface area contributed by atoms with E-state index < -0.39 is 0 Å². The Bertz CT molecular complexity index is 299. The summed E-state index contributed by atoms with van der Waals surface area (Å²) >= 11 is 5.63. The summed E-state index contributed by atoms with van der Waals surface area (Å²) in [5.41, 5.74) is 0.923. The molecule has 0 atom stereocenters. The minimum Gasteiger partial charge on any atom is -0.495 e. The molecule has 1 N–H and O–H groups in total. The van der Waals surface area contributed by atoms with Gasteiger partial charge >= 0.3 is 0 Å². The van der Waals surface area contributed by atoms with E-state index in [1.807, 2.05) is 24.3 Å². The minimum absolute atomic E-state index is 0.544. The number of nitrogens with one attached hydrogen (secondary N) is 1. The van der Waals surface area contributed by atoms with E-state index in [0.717, 1.165) is 11.4 Å². The molecule has 0 amide bonds. The monoisotopic (exact) mass is 197 g/mol. The van der Waals surface area contributed by atoms with Crippen LogP contribution in [0.4, 0.5) is 5.69 Å². The molecule has 0 heterocycles. The van der Waals surface area contributed by atoms with Crippen molar-refractivity contribution in [3.8, 4) is 5.75 Å². The molecule has 1 aromatic carbocycles. The Hall–Kier alpha value is -1.15. The molecule has 70 valence electrons. The van der Waals surface area contributed by atoms with E-state index >= 15 is 0 Å². The van der Waals surface area contributed by atoms with Gasteiger partial charge in [-0.25, -0.2) is 0 Å². The number of benzene rings is 1. The summed E-state index contributed by atoms with van der Waals surface area (Å²) in [6.07, 6.45) is 0. The lowest BCUT2D eigenvalue weighted by atomic mass is 10.3. The minimum atomic E-state index is 0.544. The predicted molar refractivity (Wildman–Crippen MR) is 56.5 cm³/mol. The highest BCUT2D eigenvalue weighted by Crippen LogP contribution is 2.23. The summed E-state index contributed by atoms with van der Waals surface area (Å²) in [6, 6.07) is 7.67. The molecular weight excluding hydrogens is 186 g/mol. The van der Waals surface area contributed by atoms with E-state index in [1.165, 1.54) is 0 Å². The lowest BCUT2D eigenvalue weighted by molar-refractivity contribution is 0.416. The van der Waals surface area contributed by atoms with Crippen LogP contribution < -0.4 is 10.1 Å². The van der Waals surface area contributed by atoms with Gasteiger partial charge in [-0.15, -0.1) is 0 Å². The summed E-state index contributed by atoms with van der Waals surface area (Å²) in [5.74, 6) is 0.806. The summed E-state index contributed by atoms with van der Waals surface area (Å²) in [5, 5.41) is 3.68. The van der Waals surface area contributed by atoms with Crippen molar-refractivity contribution in [2.45, 2.75) is 0 Å². The van der Waals surface area contributed by atoms with Gasteiger partial charge in [0, 0.05) is 5.03 Å². The molecule has 3 heteroatoms. The number of ether oxygens (including phenoxy) is 1. The fourth-order valence-corrected chi connectivity index (χ4v) is 1.05. The second-order valence-corrected chi connectivity index (χ2v) is 3.11. The van der Waals surface area contributed by atoms with Gasteiger partial charge in [0.1, 0.15) is 5.75 Å². The van der Waals surface area contributed by atoms with E-state index in [2.05, 4.69) is 11.9 Å². The van der Waals surface area contributed by atoms with Crippen LogP contribution >= 0.6 is 11.6 Å². The fraction of sp³-hybridized carbons (Fsp3) is 0.200. The first-order chi connectivity index (χ1) is 6.24. The van der Waals surface area contributed by atoms with Gasteiger partial charge in [-0.1, -0.05) is 30.3 Å². The third-order valence-electron chi connectivity index (χ3n) is 1.58. The number of hydrogen-bond acceptors (Lipinski definition) is 2. The number of rotatable bonds is 4. The first kappa shape index (κ1) is 9.93. The third kappa shape index (κ3) is 2.99. The van der Waals surface area contributed by atoms with Crippen LogP contribution in [-0.4, -0.2) is 13.7 Å². The molecule has 0 saturated heterocycles. The van der Waals surface area contributed by atoms with Crippen LogP contribution in [0.25, 0.3) is 0 Å². The zero-order valence-corrected chi connectivity index (χ0v) is 8.27. The Labute approximate surface area is 83.2 Å². The predicted octanol–water partition coefficient (Wildman–Crippen LogP) is 2.86. The Morgan fingerprint density at radius 2 is 2.23 bits per heavy atom. The molecule has 0 fully saturated rings. The van der Waals surface area contributed by atoms with Crippen molar-refractivity contribution in [2.75, 3.05) is 19.0 Å². The van der Waals surface area contributed by atoms with Gasteiger partial charge < -0.3 is 10.1 Å². The maximum absolute atomic E-state index is 5.63. The summed E-state index contributed by atoms with van der Waals surface area (Å²) in [7, 11) is 1.63. The standard InChI is InChI=1S/C10H12ClNO/c1-8(11)7-12-9-5-3-4-6-10(9)13-2/h3-6,12H,1,7H2,2H3. The number of para-hydroxylation sites is 2. The first-order valence-electron chi connectivity index (χ1n) is 3.94. The molecule has 0 aliphatic heterocycles. The van der Waals surface area contributed by atoms with Gasteiger partial charge in [-0.3, -0.25) is 0 Å². The lowest BCUT2D eigenvalue weighted by Crippen LogP contribution is -2.02. The molecular formula is C10H12ClNO. The van der Waals surface area contributed by atoms with Gasteiger partial charge in [0.05, 0.1) is 19.3 Å². The first-order valence-corrected chi connectivity index (χ1v) is 4.32. The van der Waals surface area contributed by atoms with Crippen molar-refractivity contribution in [2.24, 2.45) is 0 Å². The maximum Gasteiger partial charge on any atom is 0.141 e. The molecule has 0 spiro atoms. The second kappa shape index (κ2) is 4.77. The molecule has 1 rings (SSSR count). The van der Waals surface area contributed by atoms with Crippen molar-refractivity contribution in [3.63, 3.8) is 0 Å². The van der Waals surface area contributed by atoms with Crippen molar-refractivity contribution in [1.29, 1.82) is 0 Å². The van der Waals surface area contributed by atoms with Gasteiger partial charge in [-0.2, -0.15) is 0 Å². The number of anilines is 1. The molecule has 0 saturated carbocycles. The number of halogens is 1. The highest BCUT2D eigenvalue weighted by Gasteiger charge is 1.99. The molecule has 0 bridgehead atoms. The zero-order valence-electron chi connectivity index (χ0n) is 7.51. The molecule has 13 heavy (non-hydrogen) atoms. The van der Waals surface area contributed by atoms with Crippen LogP contribution in [0.3, 0.4) is 0 Å². The van der Waals surface area contributed by atoms with Crippen LogP contribution in [-0.2, 0) is 0 Å². The van der Waals surface area contributed by atoms with E-state index in [0.29, 0.717) is 11.6 Å². The smallest absolute Gasteiger partial charge is 0.141 e. The normalized spacial score (nSPS) is 9.38. The zero-order chi connectivity index (χ0) is 9.68. The van der Waals surface area contributed by atoms with Crippen LogP contribution in [0.5, 0.6) is 5.75 Å². The summed E-state index contributed by atoms with van der Waals surface area (Å²) in [6.45, 7) is 4.13. The Kier molecular flexibility index (Phi) is 3.65. The molecule has 0 unspecified atom stereocenters. The van der Waals surface area contributed by atoms with E-state index in [1.54, 1.807) is 7.11 Å². The lowest BCUT2D eigenvalue weighted by Gasteiger charge is -2.09. The second-order valence-electron chi connectivity index (χ2n) is 2.57. The van der Waals surface area contributed by atoms with Crippen LogP contribution in [0.15, 0.2) is 35.9 Å². The molecule has 2 nitrogen and oxygen atoms in total. The molecule has 0 aliphatic carbocycles. The van der Waals surface area contributed by atoms with Crippen molar-refractivity contribution in [1.82, 2.24) is 0 Å². The molecule has 0 aromatic heterocycles. The van der Waals surface area contributed by atoms with Gasteiger partial charge in [0.25, 0.3) is 0 Å². The summed E-state index contributed by atoms with van der Waals surface area (Å²) in [4.78, 5) is 0. The third-order valence-corrected chi connectivity index (χ3v) is 1.71. The number of methoxy groups -OCH3 is 1. The van der Waals surface area contributed by atoms with Crippen LogP contribution in [0, 0.1) is 0 Å². The van der Waals surface area contributed by atoms with E-state index in [4.69, 9.17) is 16.3 Å². The topological polar surface area (TPSA) is 21.3 Å². The molecule has 1 aromatic rings. The van der Waals surface area contributed by atoms with Crippen LogP contribution in [0.2, 0.25) is 0 Å². The average Bonchev–Trinajstić information content (AvgIpc) is 2.15. The highest BCUT2D eigenvalue weighted by atomic mass is 35.5. The van der Waals surface area contributed by atoms with Crippen molar-refractivity contribution >= 4 is 17.3 Å². The maximum atomic E-state index is 5.63. The van der Waals surface area contributed by atoms with Crippen molar-refractivity contribution in [3.05, 3.63) is 35.9 Å². The van der Waals surface area contributed by atoms with Crippen LogP contribution in [0.1, 0.15) is 0 Å². The van der Waals surface area contributed by atoms with Crippen molar-refractivity contribution < 1.29 is 4.74 Å². The van der Waals surface area contributed by atoms with Gasteiger partial charge in [0.15, 0.2) is 0 Å². The SMILES string of the molecule is C=C(Cl)CNc1ccccc1OC. The molecule has 0 radical (unpaired) electrons.